The Morgan fingerprint density at radius 1 is 1.05 bits per heavy atom. The molecule has 0 radical (unpaired) electrons. The summed E-state index contributed by atoms with van der Waals surface area (Å²) in [7, 11) is 0. The highest BCUT2D eigenvalue weighted by Crippen LogP contribution is 2.40. The van der Waals surface area contributed by atoms with Crippen molar-refractivity contribution in [3.05, 3.63) is 129 Å². The molecule has 1 saturated heterocycles. The van der Waals surface area contributed by atoms with Crippen molar-refractivity contribution in [2.24, 2.45) is 0 Å². The quantitative estimate of drug-likeness (QED) is 0.0943. The summed E-state index contributed by atoms with van der Waals surface area (Å²) in [5.41, 5.74) is 2.53. The van der Waals surface area contributed by atoms with E-state index in [9.17, 15) is 24.8 Å². The molecule has 0 unspecified atom stereocenters. The van der Waals surface area contributed by atoms with Crippen LogP contribution < -0.4 is 4.74 Å². The van der Waals surface area contributed by atoms with Gasteiger partial charge in [-0.25, -0.2) is 4.98 Å². The third kappa shape index (κ3) is 6.01. The van der Waals surface area contributed by atoms with Crippen LogP contribution in [0.25, 0.3) is 5.76 Å². The van der Waals surface area contributed by atoms with Crippen molar-refractivity contribution < 1.29 is 24.4 Å². The zero-order chi connectivity index (χ0) is 28.9. The van der Waals surface area contributed by atoms with E-state index >= 15 is 0 Å². The van der Waals surface area contributed by atoms with Gasteiger partial charge in [0, 0.05) is 43.2 Å². The van der Waals surface area contributed by atoms with Crippen molar-refractivity contribution in [1.82, 2.24) is 14.5 Å². The lowest BCUT2D eigenvalue weighted by Crippen LogP contribution is -2.31. The van der Waals surface area contributed by atoms with E-state index in [0.29, 0.717) is 36.4 Å². The van der Waals surface area contributed by atoms with Crippen LogP contribution in [-0.2, 0) is 22.7 Å². The second-order valence-corrected chi connectivity index (χ2v) is 9.80. The minimum atomic E-state index is -0.991. The van der Waals surface area contributed by atoms with Gasteiger partial charge in [-0.2, -0.15) is 0 Å². The molecule has 1 aliphatic rings. The monoisotopic (exact) mass is 552 g/mol. The van der Waals surface area contributed by atoms with Crippen molar-refractivity contribution in [3.63, 3.8) is 0 Å². The number of nitrogens with zero attached hydrogens (tertiary/aromatic N) is 4. The highest BCUT2D eigenvalue weighted by Gasteiger charge is 2.46. The second kappa shape index (κ2) is 11.9. The van der Waals surface area contributed by atoms with Crippen LogP contribution in [0.5, 0.6) is 5.75 Å². The largest absolute Gasteiger partial charge is 0.507 e. The molecule has 10 nitrogen and oxygen atoms in total. The Kier molecular flexibility index (Phi) is 7.91. The standard InChI is InChI=1S/C31H28N4O6/c1-21-5-2-6-22(17-21)19-41-26-11-9-23(10-12-26)29(36)27-28(24-7-3-8-25(18-24)35(39)40)34(31(38)30(27)37)15-4-14-33-16-13-32-20-33/h2-3,5-13,16-18,20,28,36H,4,14-15,19H2,1H3/t28-/m1/s1. The number of aryl methyl sites for hydroxylation is 2. The average Bonchev–Trinajstić information content (AvgIpc) is 3.58. The number of imidazole rings is 1. The van der Waals surface area contributed by atoms with Gasteiger partial charge < -0.3 is 19.3 Å². The van der Waals surface area contributed by atoms with Crippen LogP contribution in [0.2, 0.25) is 0 Å². The first-order chi connectivity index (χ1) is 19.8. The second-order valence-electron chi connectivity index (χ2n) is 9.80. The number of non-ortho nitro benzene ring substituents is 1. The SMILES string of the molecule is Cc1cccc(COc2ccc(C(O)=C3C(=O)C(=O)N(CCCn4ccnc4)[C@@H]3c3cccc([N+](=O)[O-])c3)cc2)c1. The molecule has 2 heterocycles. The molecule has 1 fully saturated rings. The van der Waals surface area contributed by atoms with Gasteiger partial charge in [0.15, 0.2) is 0 Å². The first-order valence-electron chi connectivity index (χ1n) is 13.1. The number of likely N-dealkylation sites (tertiary alicyclic amines) is 1. The van der Waals surface area contributed by atoms with Crippen molar-refractivity contribution >= 4 is 23.1 Å². The van der Waals surface area contributed by atoms with E-state index in [1.165, 1.54) is 23.1 Å². The van der Waals surface area contributed by atoms with E-state index < -0.39 is 22.7 Å². The number of rotatable bonds is 10. The highest BCUT2D eigenvalue weighted by molar-refractivity contribution is 6.46. The van der Waals surface area contributed by atoms with Crippen molar-refractivity contribution in [3.8, 4) is 5.75 Å². The Morgan fingerprint density at radius 2 is 1.83 bits per heavy atom. The van der Waals surface area contributed by atoms with Crippen LogP contribution in [0, 0.1) is 17.0 Å². The molecule has 0 aliphatic carbocycles. The van der Waals surface area contributed by atoms with E-state index in [4.69, 9.17) is 4.74 Å². The summed E-state index contributed by atoms with van der Waals surface area (Å²) in [6.45, 7) is 3.11. The lowest BCUT2D eigenvalue weighted by molar-refractivity contribution is -0.384. The summed E-state index contributed by atoms with van der Waals surface area (Å²) in [6.07, 6.45) is 5.59. The number of aliphatic hydroxyl groups excluding tert-OH is 1. The number of aromatic nitrogens is 2. The molecule has 0 spiro atoms. The summed E-state index contributed by atoms with van der Waals surface area (Å²) >= 11 is 0. The first-order valence-corrected chi connectivity index (χ1v) is 13.1. The van der Waals surface area contributed by atoms with Crippen LogP contribution in [0.4, 0.5) is 5.69 Å². The minimum absolute atomic E-state index is 0.119. The summed E-state index contributed by atoms with van der Waals surface area (Å²) in [5.74, 6) is -1.41. The smallest absolute Gasteiger partial charge is 0.295 e. The first kappa shape index (κ1) is 27.3. The Balaban J connectivity index is 1.44. The molecule has 1 amide bonds. The van der Waals surface area contributed by atoms with Crippen LogP contribution >= 0.6 is 0 Å². The molecule has 0 bridgehead atoms. The number of Topliss-reactive ketones (excluding diaryl/α,β-unsaturated/α-hetero) is 1. The zero-order valence-electron chi connectivity index (χ0n) is 22.3. The number of hydrogen-bond donors (Lipinski definition) is 1. The fourth-order valence-electron chi connectivity index (χ4n) is 4.94. The fourth-order valence-corrected chi connectivity index (χ4v) is 4.94. The van der Waals surface area contributed by atoms with Crippen molar-refractivity contribution in [1.29, 1.82) is 0 Å². The zero-order valence-corrected chi connectivity index (χ0v) is 22.3. The number of nitro benzene ring substituents is 1. The van der Waals surface area contributed by atoms with Crippen LogP contribution in [0.1, 0.15) is 34.7 Å². The third-order valence-corrected chi connectivity index (χ3v) is 6.93. The van der Waals surface area contributed by atoms with Gasteiger partial charge in [0.2, 0.25) is 0 Å². The maximum Gasteiger partial charge on any atom is 0.295 e. The number of benzene rings is 3. The van der Waals surface area contributed by atoms with E-state index in [1.54, 1.807) is 49.1 Å². The van der Waals surface area contributed by atoms with E-state index in [-0.39, 0.29) is 23.6 Å². The van der Waals surface area contributed by atoms with E-state index in [0.717, 1.165) is 11.1 Å². The summed E-state index contributed by atoms with van der Waals surface area (Å²) < 4.78 is 7.71. The molecule has 10 heteroatoms. The van der Waals surface area contributed by atoms with Crippen LogP contribution in [-0.4, -0.2) is 42.7 Å². The molecule has 1 aliphatic heterocycles. The lowest BCUT2D eigenvalue weighted by atomic mass is 9.95. The maximum atomic E-state index is 13.3. The third-order valence-electron chi connectivity index (χ3n) is 6.93. The Hall–Kier alpha value is -5.25. The number of carbonyl (C=O) groups is 2. The topological polar surface area (TPSA) is 128 Å². The number of amides is 1. The van der Waals surface area contributed by atoms with Crippen LogP contribution in [0.15, 0.2) is 97.1 Å². The van der Waals surface area contributed by atoms with Crippen molar-refractivity contribution in [2.45, 2.75) is 32.5 Å². The maximum absolute atomic E-state index is 13.3. The molecule has 41 heavy (non-hydrogen) atoms. The fraction of sp³-hybridized carbons (Fsp3) is 0.194. The number of aliphatic hydroxyl groups is 1. The van der Waals surface area contributed by atoms with Gasteiger partial charge in [-0.1, -0.05) is 42.0 Å². The summed E-state index contributed by atoms with van der Waals surface area (Å²) in [6, 6.07) is 19.3. The molecule has 1 N–H and O–H groups in total. The predicted molar refractivity (Wildman–Crippen MR) is 151 cm³/mol. The van der Waals surface area contributed by atoms with Gasteiger partial charge in [0.1, 0.15) is 18.1 Å². The molecule has 5 rings (SSSR count). The summed E-state index contributed by atoms with van der Waals surface area (Å²) in [5, 5.41) is 22.8. The average molecular weight is 553 g/mol. The minimum Gasteiger partial charge on any atom is -0.507 e. The Bertz CT molecular complexity index is 1610. The molecule has 208 valence electrons. The molecule has 1 aromatic heterocycles. The van der Waals surface area contributed by atoms with Gasteiger partial charge >= 0.3 is 0 Å². The Morgan fingerprint density at radius 3 is 2.54 bits per heavy atom. The van der Waals surface area contributed by atoms with Gasteiger partial charge in [-0.15, -0.1) is 0 Å². The predicted octanol–water partition coefficient (Wildman–Crippen LogP) is 5.19. The number of nitro groups is 1. The molecule has 4 aromatic rings. The number of ether oxygens (including phenoxy) is 1. The number of ketones is 1. The van der Waals surface area contributed by atoms with E-state index in [2.05, 4.69) is 4.98 Å². The molecule has 1 atom stereocenters. The van der Waals surface area contributed by atoms with Gasteiger partial charge in [0.05, 0.1) is 22.9 Å². The molecule has 3 aromatic carbocycles. The van der Waals surface area contributed by atoms with Crippen LogP contribution in [0.3, 0.4) is 0 Å². The Labute approximate surface area is 236 Å². The molecular formula is C31H28N4O6. The number of carbonyl (C=O) groups excluding carboxylic acids is 2. The number of hydrogen-bond acceptors (Lipinski definition) is 7. The highest BCUT2D eigenvalue weighted by atomic mass is 16.6. The van der Waals surface area contributed by atoms with E-state index in [1.807, 2.05) is 35.8 Å². The van der Waals surface area contributed by atoms with Gasteiger partial charge in [-0.05, 0) is 48.7 Å². The van der Waals surface area contributed by atoms with Gasteiger partial charge in [0.25, 0.3) is 17.4 Å². The molecular weight excluding hydrogens is 524 g/mol. The lowest BCUT2D eigenvalue weighted by Gasteiger charge is -2.25. The summed E-state index contributed by atoms with van der Waals surface area (Å²) in [4.78, 5) is 42.8. The van der Waals surface area contributed by atoms with Gasteiger partial charge in [-0.3, -0.25) is 19.7 Å². The van der Waals surface area contributed by atoms with Crippen molar-refractivity contribution in [2.75, 3.05) is 6.54 Å². The molecule has 0 saturated carbocycles. The normalized spacial score (nSPS) is 16.2.